The van der Waals surface area contributed by atoms with Gasteiger partial charge >= 0.3 is 5.97 Å². The number of halogens is 1. The Labute approximate surface area is 190 Å². The first-order chi connectivity index (χ1) is 16.0. The normalized spacial score (nSPS) is 13.8. The van der Waals surface area contributed by atoms with Crippen LogP contribution in [0.1, 0.15) is 43.4 Å². The molecule has 1 aromatic heterocycles. The molecule has 0 aliphatic heterocycles. The third kappa shape index (κ3) is 5.60. The third-order valence-electron chi connectivity index (χ3n) is 5.56. The lowest BCUT2D eigenvalue weighted by molar-refractivity contribution is -0.136. The number of aliphatic carboxylic acids is 1. The van der Waals surface area contributed by atoms with Crippen LogP contribution in [0.4, 0.5) is 4.39 Å². The van der Waals surface area contributed by atoms with Crippen molar-refractivity contribution >= 4 is 5.97 Å². The van der Waals surface area contributed by atoms with Gasteiger partial charge in [-0.1, -0.05) is 17.3 Å². The maximum absolute atomic E-state index is 14.6. The molecular formula is C24H26FN3O5. The van der Waals surface area contributed by atoms with Crippen LogP contribution < -0.4 is 14.2 Å². The van der Waals surface area contributed by atoms with Crippen molar-refractivity contribution in [2.75, 3.05) is 7.11 Å². The number of carboxylic acid groups (broad SMARTS) is 1. The molecule has 0 spiro atoms. The molecule has 1 aliphatic rings. The van der Waals surface area contributed by atoms with Crippen LogP contribution in [-0.2, 0) is 17.8 Å². The largest absolute Gasteiger partial charge is 0.497 e. The lowest BCUT2D eigenvalue weighted by Gasteiger charge is -2.16. The first-order valence-electron chi connectivity index (χ1n) is 10.9. The number of methoxy groups -OCH3 is 1. The molecular weight excluding hydrogens is 429 g/mol. The molecule has 1 fully saturated rings. The van der Waals surface area contributed by atoms with E-state index in [1.54, 1.807) is 18.2 Å². The number of ether oxygens (including phenoxy) is 3. The molecule has 33 heavy (non-hydrogen) atoms. The molecule has 0 atom stereocenters. The highest BCUT2D eigenvalue weighted by atomic mass is 19.1. The number of nitrogens with zero attached hydrogens (tertiary/aromatic N) is 3. The second-order valence-electron chi connectivity index (χ2n) is 7.92. The van der Waals surface area contributed by atoms with Crippen molar-refractivity contribution in [1.29, 1.82) is 0 Å². The first kappa shape index (κ1) is 22.6. The highest BCUT2D eigenvalue weighted by Crippen LogP contribution is 2.30. The molecule has 1 saturated carbocycles. The van der Waals surface area contributed by atoms with Gasteiger partial charge in [-0.25, -0.2) is 4.39 Å². The third-order valence-corrected chi connectivity index (χ3v) is 5.56. The van der Waals surface area contributed by atoms with E-state index in [-0.39, 0.29) is 24.8 Å². The van der Waals surface area contributed by atoms with Crippen molar-refractivity contribution in [1.82, 2.24) is 15.0 Å². The molecule has 4 rings (SSSR count). The molecule has 1 N–H and O–H groups in total. The SMILES string of the molecule is COc1ccc(F)c(-n2nnc(COc3cccc(CCC(=O)O)c3)c2OC2CCCC2)c1. The zero-order valence-corrected chi connectivity index (χ0v) is 18.4. The van der Waals surface area contributed by atoms with E-state index in [1.165, 1.54) is 23.9 Å². The maximum Gasteiger partial charge on any atom is 0.303 e. The number of aryl methyl sites for hydroxylation is 1. The van der Waals surface area contributed by atoms with Crippen LogP contribution in [0.5, 0.6) is 17.4 Å². The Balaban J connectivity index is 1.58. The minimum absolute atomic E-state index is 0.00835. The van der Waals surface area contributed by atoms with Gasteiger partial charge in [-0.3, -0.25) is 4.79 Å². The average Bonchev–Trinajstić information content (AvgIpc) is 3.47. The zero-order valence-electron chi connectivity index (χ0n) is 18.4. The number of rotatable bonds is 10. The lowest BCUT2D eigenvalue weighted by atomic mass is 10.1. The Kier molecular flexibility index (Phi) is 7.07. The van der Waals surface area contributed by atoms with Crippen LogP contribution in [0.25, 0.3) is 5.69 Å². The molecule has 0 radical (unpaired) electrons. The zero-order chi connectivity index (χ0) is 23.2. The average molecular weight is 455 g/mol. The second-order valence-corrected chi connectivity index (χ2v) is 7.92. The maximum atomic E-state index is 14.6. The Morgan fingerprint density at radius 1 is 1.18 bits per heavy atom. The summed E-state index contributed by atoms with van der Waals surface area (Å²) in [5.41, 5.74) is 1.48. The standard InChI is InChI=1S/C24H26FN3O5/c1-31-18-10-11-20(25)22(14-18)28-24(33-17-6-2-3-7-17)21(26-27-28)15-32-19-8-4-5-16(13-19)9-12-23(29)30/h4-5,8,10-11,13-14,17H,2-3,6-7,9,12,15H2,1H3,(H,29,30). The van der Waals surface area contributed by atoms with Gasteiger partial charge in [0.05, 0.1) is 7.11 Å². The summed E-state index contributed by atoms with van der Waals surface area (Å²) in [5, 5.41) is 17.2. The summed E-state index contributed by atoms with van der Waals surface area (Å²) in [4.78, 5) is 10.8. The number of aromatic nitrogens is 3. The van der Waals surface area contributed by atoms with Gasteiger partial charge in [-0.05, 0) is 61.9 Å². The van der Waals surface area contributed by atoms with E-state index in [4.69, 9.17) is 19.3 Å². The molecule has 3 aromatic rings. The van der Waals surface area contributed by atoms with Gasteiger partial charge in [0.25, 0.3) is 0 Å². The fraction of sp³-hybridized carbons (Fsp3) is 0.375. The monoisotopic (exact) mass is 455 g/mol. The Bertz CT molecular complexity index is 1110. The Morgan fingerprint density at radius 3 is 2.76 bits per heavy atom. The van der Waals surface area contributed by atoms with Gasteiger partial charge in [-0.15, -0.1) is 5.10 Å². The second kappa shape index (κ2) is 10.3. The van der Waals surface area contributed by atoms with Crippen LogP contribution in [0.3, 0.4) is 0 Å². The molecule has 9 heteroatoms. The molecule has 174 valence electrons. The fourth-order valence-corrected chi connectivity index (χ4v) is 3.81. The van der Waals surface area contributed by atoms with Crippen LogP contribution in [0.2, 0.25) is 0 Å². The minimum Gasteiger partial charge on any atom is -0.497 e. The van der Waals surface area contributed by atoms with Crippen LogP contribution in [0, 0.1) is 5.82 Å². The minimum atomic E-state index is -0.851. The highest BCUT2D eigenvalue weighted by Gasteiger charge is 2.25. The topological polar surface area (TPSA) is 95.7 Å². The summed E-state index contributed by atoms with van der Waals surface area (Å²) in [6.45, 7) is 0.0655. The summed E-state index contributed by atoms with van der Waals surface area (Å²) < 4.78 is 33.4. The molecule has 2 aromatic carbocycles. The van der Waals surface area contributed by atoms with Crippen molar-refractivity contribution < 1.29 is 28.5 Å². The summed E-state index contributed by atoms with van der Waals surface area (Å²) in [7, 11) is 1.51. The van der Waals surface area contributed by atoms with E-state index in [2.05, 4.69) is 10.3 Å². The number of hydrogen-bond acceptors (Lipinski definition) is 6. The van der Waals surface area contributed by atoms with E-state index in [1.807, 2.05) is 12.1 Å². The van der Waals surface area contributed by atoms with E-state index < -0.39 is 11.8 Å². The number of hydrogen-bond donors (Lipinski definition) is 1. The van der Waals surface area contributed by atoms with Gasteiger partial charge < -0.3 is 19.3 Å². The smallest absolute Gasteiger partial charge is 0.303 e. The first-order valence-corrected chi connectivity index (χ1v) is 10.9. The summed E-state index contributed by atoms with van der Waals surface area (Å²) in [6, 6.07) is 11.6. The molecule has 0 unspecified atom stereocenters. The van der Waals surface area contributed by atoms with Gasteiger partial charge in [0.15, 0.2) is 5.69 Å². The molecule has 1 heterocycles. The van der Waals surface area contributed by atoms with Crippen molar-refractivity contribution in [3.05, 3.63) is 59.5 Å². The summed E-state index contributed by atoms with van der Waals surface area (Å²) in [5.74, 6) is 0.0829. The van der Waals surface area contributed by atoms with Crippen molar-refractivity contribution in [2.45, 2.75) is 51.2 Å². The quantitative estimate of drug-likeness (QED) is 0.486. The van der Waals surface area contributed by atoms with E-state index in [9.17, 15) is 9.18 Å². The van der Waals surface area contributed by atoms with Gasteiger partial charge in [-0.2, -0.15) is 4.68 Å². The number of carboxylic acids is 1. The Hall–Kier alpha value is -3.62. The van der Waals surface area contributed by atoms with Crippen LogP contribution in [0.15, 0.2) is 42.5 Å². The van der Waals surface area contributed by atoms with Crippen molar-refractivity contribution in [3.8, 4) is 23.1 Å². The summed E-state index contributed by atoms with van der Waals surface area (Å²) >= 11 is 0. The van der Waals surface area contributed by atoms with Crippen LogP contribution >= 0.6 is 0 Å². The number of carbonyl (C=O) groups is 1. The molecule has 0 saturated heterocycles. The summed E-state index contributed by atoms with van der Waals surface area (Å²) in [6.07, 6.45) is 4.45. The fourth-order valence-electron chi connectivity index (χ4n) is 3.81. The molecule has 0 bridgehead atoms. The van der Waals surface area contributed by atoms with Gasteiger partial charge in [0, 0.05) is 12.5 Å². The predicted molar refractivity (Wildman–Crippen MR) is 117 cm³/mol. The lowest BCUT2D eigenvalue weighted by Crippen LogP contribution is -2.16. The molecule has 8 nitrogen and oxygen atoms in total. The van der Waals surface area contributed by atoms with E-state index in [0.29, 0.717) is 29.5 Å². The number of benzene rings is 2. The van der Waals surface area contributed by atoms with E-state index in [0.717, 1.165) is 31.2 Å². The van der Waals surface area contributed by atoms with Gasteiger partial charge in [0.2, 0.25) is 5.88 Å². The highest BCUT2D eigenvalue weighted by molar-refractivity contribution is 5.67. The Morgan fingerprint density at radius 2 is 2.00 bits per heavy atom. The predicted octanol–water partition coefficient (Wildman–Crippen LogP) is 4.33. The van der Waals surface area contributed by atoms with Gasteiger partial charge in [0.1, 0.15) is 35.7 Å². The van der Waals surface area contributed by atoms with Crippen LogP contribution in [-0.4, -0.2) is 39.3 Å². The van der Waals surface area contributed by atoms with Crippen molar-refractivity contribution in [2.24, 2.45) is 0 Å². The van der Waals surface area contributed by atoms with Crippen molar-refractivity contribution in [3.63, 3.8) is 0 Å². The molecule has 1 aliphatic carbocycles. The molecule has 0 amide bonds. The van der Waals surface area contributed by atoms with E-state index >= 15 is 0 Å².